The van der Waals surface area contributed by atoms with E-state index in [-0.39, 0.29) is 63.7 Å². The van der Waals surface area contributed by atoms with Crippen molar-refractivity contribution in [2.24, 2.45) is 16.3 Å². The summed E-state index contributed by atoms with van der Waals surface area (Å²) in [7, 11) is 1.46. The molecular weight excluding hydrogens is 662 g/mol. The van der Waals surface area contributed by atoms with Crippen LogP contribution in [0, 0.1) is 29.5 Å². The van der Waals surface area contributed by atoms with Gasteiger partial charge in [0.25, 0.3) is 0 Å². The van der Waals surface area contributed by atoms with Crippen LogP contribution in [0.15, 0.2) is 29.3 Å². The third kappa shape index (κ3) is 7.20. The molecule has 1 aliphatic carbocycles. The van der Waals surface area contributed by atoms with Gasteiger partial charge in [0.05, 0.1) is 19.3 Å². The number of likely N-dealkylation sites (tertiary alicyclic amines) is 1. The number of piperazine rings is 1. The van der Waals surface area contributed by atoms with Gasteiger partial charge in [0, 0.05) is 48.4 Å². The van der Waals surface area contributed by atoms with E-state index in [4.69, 9.17) is 25.9 Å². The highest BCUT2D eigenvalue weighted by atomic mass is 19.1. The Balaban J connectivity index is 1.31. The zero-order chi connectivity index (χ0) is 36.6. The zero-order valence-electron chi connectivity index (χ0n) is 30.6. The molecule has 3 aromatic rings. The van der Waals surface area contributed by atoms with Gasteiger partial charge < -0.3 is 29.7 Å². The van der Waals surface area contributed by atoms with Crippen LogP contribution in [0.4, 0.5) is 14.6 Å². The monoisotopic (exact) mass is 712 g/mol. The fourth-order valence-electron chi connectivity index (χ4n) is 8.72. The minimum Gasteiger partial charge on any atom is -0.508 e. The van der Waals surface area contributed by atoms with Crippen molar-refractivity contribution in [1.82, 2.24) is 20.2 Å². The summed E-state index contributed by atoms with van der Waals surface area (Å²) >= 11 is 0. The maximum absolute atomic E-state index is 17.2. The van der Waals surface area contributed by atoms with Crippen LogP contribution < -0.4 is 25.5 Å². The maximum Gasteiger partial charge on any atom is 0.319 e. The van der Waals surface area contributed by atoms with E-state index in [2.05, 4.69) is 46.6 Å². The molecule has 11 heteroatoms. The van der Waals surface area contributed by atoms with E-state index in [1.165, 1.54) is 57.1 Å². The molecule has 0 amide bonds. The average Bonchev–Trinajstić information content (AvgIpc) is 3.79. The highest BCUT2D eigenvalue weighted by Gasteiger charge is 2.45. The van der Waals surface area contributed by atoms with Gasteiger partial charge in [-0.25, -0.2) is 13.8 Å². The molecule has 0 radical (unpaired) electrons. The lowest BCUT2D eigenvalue weighted by Gasteiger charge is -2.40. The molecule has 4 heterocycles. The quantitative estimate of drug-likeness (QED) is 0.196. The number of benzene rings is 2. The second kappa shape index (κ2) is 15.0. The van der Waals surface area contributed by atoms with E-state index in [1.54, 1.807) is 0 Å². The minimum absolute atomic E-state index is 0.000684. The van der Waals surface area contributed by atoms with E-state index < -0.39 is 11.6 Å². The number of aliphatic imine (C=N–C) groups is 1. The Morgan fingerprint density at radius 1 is 1.19 bits per heavy atom. The number of halogens is 2. The molecule has 2 N–H and O–H groups in total. The van der Waals surface area contributed by atoms with Crippen LogP contribution in [0.3, 0.4) is 0 Å². The minimum atomic E-state index is -0.664. The first kappa shape index (κ1) is 36.1. The SMILES string of the molecule is C#Cc1c(F)ccc2cc(O)cc(C/C(F)=c3/nc(OCC4(CN5CCC(CCC)CC5)CC4)nc(N4CC5CCC(N5)C4C)/c3=C(/N=C)OC)c12. The third-order valence-electron chi connectivity index (χ3n) is 11.8. The summed E-state index contributed by atoms with van der Waals surface area (Å²) in [5, 5.41) is 15.4. The van der Waals surface area contributed by atoms with Crippen LogP contribution in [0.1, 0.15) is 76.3 Å². The van der Waals surface area contributed by atoms with E-state index >= 15 is 4.39 Å². The summed E-state index contributed by atoms with van der Waals surface area (Å²) in [6, 6.07) is 6.25. The largest absolute Gasteiger partial charge is 0.508 e. The Bertz CT molecular complexity index is 2000. The molecule has 3 atom stereocenters. The Kier molecular flexibility index (Phi) is 10.4. The molecule has 3 saturated heterocycles. The van der Waals surface area contributed by atoms with Gasteiger partial charge in [0.15, 0.2) is 0 Å². The molecule has 52 heavy (non-hydrogen) atoms. The molecule has 9 nitrogen and oxygen atoms in total. The molecule has 0 spiro atoms. The average molecular weight is 713 g/mol. The number of piperidine rings is 1. The van der Waals surface area contributed by atoms with Gasteiger partial charge in [0.2, 0.25) is 5.88 Å². The molecule has 4 aliphatic rings. The van der Waals surface area contributed by atoms with Crippen LogP contribution in [-0.4, -0.2) is 84.7 Å². The number of aromatic nitrogens is 2. The normalized spacial score (nSPS) is 24.0. The van der Waals surface area contributed by atoms with Gasteiger partial charge in [0.1, 0.15) is 33.8 Å². The number of hydrogen-bond acceptors (Lipinski definition) is 9. The van der Waals surface area contributed by atoms with Crippen LogP contribution in [0.25, 0.3) is 22.5 Å². The fraction of sp³-hybridized carbons (Fsp3) is 0.537. The third-order valence-corrected chi connectivity index (χ3v) is 11.8. The number of anilines is 1. The lowest BCUT2D eigenvalue weighted by atomic mass is 9.92. The highest BCUT2D eigenvalue weighted by Crippen LogP contribution is 2.47. The van der Waals surface area contributed by atoms with Crippen LogP contribution in [0.2, 0.25) is 0 Å². The molecule has 4 fully saturated rings. The van der Waals surface area contributed by atoms with Crippen LogP contribution in [-0.2, 0) is 11.2 Å². The lowest BCUT2D eigenvalue weighted by molar-refractivity contribution is 0.118. The number of phenols is 1. The van der Waals surface area contributed by atoms with Crippen molar-refractivity contribution in [1.29, 1.82) is 0 Å². The number of hydrogen-bond donors (Lipinski definition) is 2. The van der Waals surface area contributed by atoms with E-state index in [1.807, 2.05) is 0 Å². The van der Waals surface area contributed by atoms with Crippen molar-refractivity contribution < 1.29 is 23.4 Å². The fourth-order valence-corrected chi connectivity index (χ4v) is 8.72. The number of fused-ring (bicyclic) bond motifs is 3. The number of terminal acetylenes is 1. The standard InChI is InChI=1S/C41H50F2N6O3/c1-6-8-26-13-17-48(18-14-26)23-41(15-16-41)24-52-40-46-37(33(43)21-28-20-30(50)19-27-9-11-32(42)31(7-2)35(27)28)36(39(44-4)51-5)38(47-40)49-22-29-10-12-34(45-29)25(49)3/h2,9,11,19-20,25-26,29,34,45,50H,4,6,8,10,12-18,21-24H2,1,3,5H3/b37-33-,39-36-. The van der Waals surface area contributed by atoms with Crippen LogP contribution >= 0.6 is 0 Å². The van der Waals surface area contributed by atoms with Crippen molar-refractivity contribution in [3.05, 3.63) is 51.8 Å². The van der Waals surface area contributed by atoms with Crippen molar-refractivity contribution in [3.63, 3.8) is 0 Å². The maximum atomic E-state index is 17.2. The van der Waals surface area contributed by atoms with Gasteiger partial charge in [-0.05, 0) is 100 Å². The number of nitrogens with zero attached hydrogens (tertiary/aromatic N) is 5. The molecule has 276 valence electrons. The van der Waals surface area contributed by atoms with Gasteiger partial charge in [-0.2, -0.15) is 9.97 Å². The van der Waals surface area contributed by atoms with Gasteiger partial charge in [-0.3, -0.25) is 0 Å². The van der Waals surface area contributed by atoms with Gasteiger partial charge in [-0.15, -0.1) is 6.42 Å². The van der Waals surface area contributed by atoms with Crippen LogP contribution in [0.5, 0.6) is 11.8 Å². The number of phenolic OH excluding ortho intramolecular Hbond substituents is 1. The molecule has 2 aromatic carbocycles. The molecule has 3 unspecified atom stereocenters. The molecule has 1 aromatic heterocycles. The zero-order valence-corrected chi connectivity index (χ0v) is 30.6. The summed E-state index contributed by atoms with van der Waals surface area (Å²) in [5.74, 6) is 2.41. The number of ether oxygens (including phenoxy) is 2. The second-order valence-corrected chi connectivity index (χ2v) is 15.3. The van der Waals surface area contributed by atoms with Gasteiger partial charge in [-0.1, -0.05) is 31.8 Å². The van der Waals surface area contributed by atoms with Crippen molar-refractivity contribution >= 4 is 35.0 Å². The Hall–Kier alpha value is -4.27. The molecule has 1 saturated carbocycles. The number of nitrogens with one attached hydrogen (secondary N) is 1. The number of aromatic hydroxyl groups is 1. The molecule has 2 bridgehead atoms. The first-order chi connectivity index (χ1) is 25.1. The van der Waals surface area contributed by atoms with Gasteiger partial charge >= 0.3 is 6.01 Å². The summed E-state index contributed by atoms with van der Waals surface area (Å²) in [6.07, 6.45) is 14.6. The first-order valence-corrected chi connectivity index (χ1v) is 18.8. The lowest BCUT2D eigenvalue weighted by Crippen LogP contribution is -2.59. The van der Waals surface area contributed by atoms with Crippen molar-refractivity contribution in [2.45, 2.75) is 89.8 Å². The topological polar surface area (TPSA) is 95.3 Å². The smallest absolute Gasteiger partial charge is 0.319 e. The molecule has 7 rings (SSSR count). The number of methoxy groups -OCH3 is 1. The van der Waals surface area contributed by atoms with E-state index in [9.17, 15) is 9.50 Å². The Morgan fingerprint density at radius 2 is 1.98 bits per heavy atom. The summed E-state index contributed by atoms with van der Waals surface area (Å²) < 4.78 is 44.3. The predicted octanol–water partition coefficient (Wildman–Crippen LogP) is 5.19. The second-order valence-electron chi connectivity index (χ2n) is 15.3. The number of rotatable bonds is 12. The van der Waals surface area contributed by atoms with E-state index in [0.717, 1.165) is 51.2 Å². The molecular formula is C41H50F2N6O3. The highest BCUT2D eigenvalue weighted by molar-refractivity contribution is 5.93. The van der Waals surface area contributed by atoms with Crippen molar-refractivity contribution in [3.8, 4) is 24.1 Å². The first-order valence-electron chi connectivity index (χ1n) is 18.8. The summed E-state index contributed by atoms with van der Waals surface area (Å²) in [4.78, 5) is 18.6. The Labute approximate surface area is 304 Å². The summed E-state index contributed by atoms with van der Waals surface area (Å²) in [6.45, 7) is 12.4. The molecule has 3 aliphatic heterocycles. The van der Waals surface area contributed by atoms with Crippen molar-refractivity contribution in [2.75, 3.05) is 44.8 Å². The summed E-state index contributed by atoms with van der Waals surface area (Å²) in [5.41, 5.74) is 0.318. The predicted molar refractivity (Wildman–Crippen MR) is 201 cm³/mol. The van der Waals surface area contributed by atoms with E-state index in [0.29, 0.717) is 35.3 Å². The Morgan fingerprint density at radius 3 is 2.67 bits per heavy atom.